The van der Waals surface area contributed by atoms with Crippen molar-refractivity contribution in [3.63, 3.8) is 0 Å². The van der Waals surface area contributed by atoms with Gasteiger partial charge in [0.15, 0.2) is 0 Å². The number of thiophene rings is 1. The number of piperazine rings is 1. The molecule has 1 fully saturated rings. The molecule has 0 bridgehead atoms. The number of amides is 1. The van der Waals surface area contributed by atoms with Crippen LogP contribution in [0.25, 0.3) is 0 Å². The Morgan fingerprint density at radius 3 is 2.84 bits per heavy atom. The molecule has 0 radical (unpaired) electrons. The van der Waals surface area contributed by atoms with Gasteiger partial charge in [-0.3, -0.25) is 4.79 Å². The van der Waals surface area contributed by atoms with Gasteiger partial charge in [-0.25, -0.2) is 0 Å². The van der Waals surface area contributed by atoms with Gasteiger partial charge in [-0.15, -0.1) is 23.7 Å². The average molecular weight is 369 g/mol. The minimum Gasteiger partial charge on any atom is -0.351 e. The number of carbonyl (C=O) groups excluding carboxylic acids is 1. The van der Waals surface area contributed by atoms with E-state index in [1.54, 1.807) is 0 Å². The second-order valence-electron chi connectivity index (χ2n) is 4.33. The first-order valence-electron chi connectivity index (χ1n) is 6.21. The predicted octanol–water partition coefficient (Wildman–Crippen LogP) is 1.96. The maximum absolute atomic E-state index is 11.8. The SMILES string of the molecule is Cl.O=C(NCCCN1CCNCC1)c1cc(Br)cs1. The van der Waals surface area contributed by atoms with Crippen LogP contribution in [0.5, 0.6) is 0 Å². The van der Waals surface area contributed by atoms with E-state index >= 15 is 0 Å². The van der Waals surface area contributed by atoms with E-state index in [9.17, 15) is 4.79 Å². The van der Waals surface area contributed by atoms with Gasteiger partial charge in [0.25, 0.3) is 5.91 Å². The van der Waals surface area contributed by atoms with Crippen LogP contribution in [-0.4, -0.2) is 50.1 Å². The molecule has 4 nitrogen and oxygen atoms in total. The van der Waals surface area contributed by atoms with Gasteiger partial charge in [-0.05, 0) is 35.0 Å². The van der Waals surface area contributed by atoms with Crippen molar-refractivity contribution in [1.82, 2.24) is 15.5 Å². The maximum atomic E-state index is 11.8. The summed E-state index contributed by atoms with van der Waals surface area (Å²) in [5.74, 6) is 0.0333. The molecule has 108 valence electrons. The van der Waals surface area contributed by atoms with Crippen LogP contribution in [0.1, 0.15) is 16.1 Å². The van der Waals surface area contributed by atoms with E-state index in [-0.39, 0.29) is 18.3 Å². The van der Waals surface area contributed by atoms with Crippen molar-refractivity contribution in [1.29, 1.82) is 0 Å². The van der Waals surface area contributed by atoms with Crippen LogP contribution in [0.15, 0.2) is 15.9 Å². The molecule has 2 heterocycles. The van der Waals surface area contributed by atoms with E-state index in [1.807, 2.05) is 11.4 Å². The molecule has 1 saturated heterocycles. The molecule has 1 amide bonds. The number of nitrogens with zero attached hydrogens (tertiary/aromatic N) is 1. The van der Waals surface area contributed by atoms with E-state index in [4.69, 9.17) is 0 Å². The Labute approximate surface area is 132 Å². The second-order valence-corrected chi connectivity index (χ2v) is 6.16. The Morgan fingerprint density at radius 2 is 2.21 bits per heavy atom. The highest BCUT2D eigenvalue weighted by Crippen LogP contribution is 2.19. The highest BCUT2D eigenvalue weighted by Gasteiger charge is 2.10. The van der Waals surface area contributed by atoms with E-state index in [0.29, 0.717) is 0 Å². The van der Waals surface area contributed by atoms with Crippen molar-refractivity contribution in [3.05, 3.63) is 20.8 Å². The van der Waals surface area contributed by atoms with Crippen LogP contribution in [0.3, 0.4) is 0 Å². The molecule has 1 aliphatic heterocycles. The monoisotopic (exact) mass is 367 g/mol. The Kier molecular flexibility index (Phi) is 7.94. The average Bonchev–Trinajstić information content (AvgIpc) is 2.82. The smallest absolute Gasteiger partial charge is 0.261 e. The van der Waals surface area contributed by atoms with Gasteiger partial charge in [0.05, 0.1) is 4.88 Å². The summed E-state index contributed by atoms with van der Waals surface area (Å²) >= 11 is 4.82. The topological polar surface area (TPSA) is 44.4 Å². The highest BCUT2D eigenvalue weighted by molar-refractivity contribution is 9.10. The van der Waals surface area contributed by atoms with Gasteiger partial charge < -0.3 is 15.5 Å². The van der Waals surface area contributed by atoms with Crippen LogP contribution < -0.4 is 10.6 Å². The van der Waals surface area contributed by atoms with Crippen molar-refractivity contribution >= 4 is 45.6 Å². The zero-order valence-corrected chi connectivity index (χ0v) is 13.9. The lowest BCUT2D eigenvalue weighted by molar-refractivity contribution is 0.0955. The van der Waals surface area contributed by atoms with E-state index < -0.39 is 0 Å². The van der Waals surface area contributed by atoms with Crippen molar-refractivity contribution in [2.45, 2.75) is 6.42 Å². The molecule has 1 aromatic heterocycles. The van der Waals surface area contributed by atoms with Gasteiger partial charge >= 0.3 is 0 Å². The number of nitrogens with one attached hydrogen (secondary N) is 2. The van der Waals surface area contributed by atoms with E-state index in [2.05, 4.69) is 31.5 Å². The second kappa shape index (κ2) is 8.92. The molecule has 1 aromatic rings. The third-order valence-electron chi connectivity index (χ3n) is 2.94. The zero-order valence-electron chi connectivity index (χ0n) is 10.7. The van der Waals surface area contributed by atoms with Crippen LogP contribution >= 0.6 is 39.7 Å². The molecular formula is C12H19BrClN3OS. The Hall–Kier alpha value is -0.140. The zero-order chi connectivity index (χ0) is 12.8. The Morgan fingerprint density at radius 1 is 1.47 bits per heavy atom. The van der Waals surface area contributed by atoms with Gasteiger partial charge in [0, 0.05) is 42.6 Å². The minimum atomic E-state index is 0. The molecule has 0 atom stereocenters. The van der Waals surface area contributed by atoms with Gasteiger partial charge in [-0.1, -0.05) is 0 Å². The summed E-state index contributed by atoms with van der Waals surface area (Å²) in [7, 11) is 0. The highest BCUT2D eigenvalue weighted by atomic mass is 79.9. The van der Waals surface area contributed by atoms with Crippen molar-refractivity contribution < 1.29 is 4.79 Å². The first-order valence-corrected chi connectivity index (χ1v) is 7.88. The number of rotatable bonds is 5. The molecule has 2 rings (SSSR count). The first-order chi connectivity index (χ1) is 8.75. The van der Waals surface area contributed by atoms with Crippen molar-refractivity contribution in [3.8, 4) is 0 Å². The van der Waals surface area contributed by atoms with Gasteiger partial charge in [-0.2, -0.15) is 0 Å². The number of hydrogen-bond acceptors (Lipinski definition) is 4. The molecule has 7 heteroatoms. The standard InChI is InChI=1S/C12H18BrN3OS.ClH/c13-10-8-11(18-9-10)12(17)15-2-1-5-16-6-3-14-4-7-16;/h8-9,14H,1-7H2,(H,15,17);1H. The first kappa shape index (κ1) is 16.9. The van der Waals surface area contributed by atoms with Crippen LogP contribution in [0, 0.1) is 0 Å². The third-order valence-corrected chi connectivity index (χ3v) is 4.63. The summed E-state index contributed by atoms with van der Waals surface area (Å²) in [5, 5.41) is 8.22. The maximum Gasteiger partial charge on any atom is 0.261 e. The largest absolute Gasteiger partial charge is 0.351 e. The summed E-state index contributed by atoms with van der Waals surface area (Å²) in [6.07, 6.45) is 1.01. The van der Waals surface area contributed by atoms with Crippen molar-refractivity contribution in [2.75, 3.05) is 39.3 Å². The van der Waals surface area contributed by atoms with Gasteiger partial charge in [0.2, 0.25) is 0 Å². The molecule has 1 aliphatic rings. The Bertz CT molecular complexity index is 396. The third kappa shape index (κ3) is 5.79. The summed E-state index contributed by atoms with van der Waals surface area (Å²) < 4.78 is 0.971. The van der Waals surface area contributed by atoms with E-state index in [0.717, 1.165) is 55.0 Å². The van der Waals surface area contributed by atoms with Crippen molar-refractivity contribution in [2.24, 2.45) is 0 Å². The molecule has 0 spiro atoms. The fourth-order valence-electron chi connectivity index (χ4n) is 1.96. The quantitative estimate of drug-likeness (QED) is 0.781. The normalized spacial score (nSPS) is 15.8. The minimum absolute atomic E-state index is 0. The number of carbonyl (C=O) groups is 1. The van der Waals surface area contributed by atoms with Crippen LogP contribution in [0.4, 0.5) is 0 Å². The predicted molar refractivity (Wildman–Crippen MR) is 85.5 cm³/mol. The fourth-order valence-corrected chi connectivity index (χ4v) is 3.30. The molecule has 19 heavy (non-hydrogen) atoms. The van der Waals surface area contributed by atoms with Gasteiger partial charge in [0.1, 0.15) is 0 Å². The van der Waals surface area contributed by atoms with Crippen LogP contribution in [0.2, 0.25) is 0 Å². The lowest BCUT2D eigenvalue weighted by Crippen LogP contribution is -2.44. The van der Waals surface area contributed by atoms with Crippen LogP contribution in [-0.2, 0) is 0 Å². The molecule has 0 aromatic carbocycles. The molecule has 2 N–H and O–H groups in total. The summed E-state index contributed by atoms with van der Waals surface area (Å²) in [6, 6.07) is 1.86. The molecule has 0 unspecified atom stereocenters. The summed E-state index contributed by atoms with van der Waals surface area (Å²) in [5.41, 5.74) is 0. The lowest BCUT2D eigenvalue weighted by Gasteiger charge is -2.27. The summed E-state index contributed by atoms with van der Waals surface area (Å²) in [6.45, 7) is 6.21. The number of hydrogen-bond donors (Lipinski definition) is 2. The molecule has 0 aliphatic carbocycles. The summed E-state index contributed by atoms with van der Waals surface area (Å²) in [4.78, 5) is 15.0. The Balaban J connectivity index is 0.00000180. The molecular weight excluding hydrogens is 350 g/mol. The van der Waals surface area contributed by atoms with E-state index in [1.165, 1.54) is 11.3 Å². The lowest BCUT2D eigenvalue weighted by atomic mass is 10.3. The fraction of sp³-hybridized carbons (Fsp3) is 0.583. The molecule has 0 saturated carbocycles. The number of halogens is 2.